The minimum atomic E-state index is -0.118. The SMILES string of the molecule is O=C1N(Cc2ccc(Br)cc2)CCC12CCN(CC1CN(CC3CCCCC3)CC1c1ccccc1)CC2. The van der Waals surface area contributed by atoms with Gasteiger partial charge in [0.05, 0.1) is 5.41 Å². The Bertz CT molecular complexity index is 1060. The van der Waals surface area contributed by atoms with Crippen LogP contribution >= 0.6 is 15.9 Å². The summed E-state index contributed by atoms with van der Waals surface area (Å²) >= 11 is 3.52. The van der Waals surface area contributed by atoms with Crippen molar-refractivity contribution in [1.29, 1.82) is 0 Å². The van der Waals surface area contributed by atoms with Crippen LogP contribution in [-0.4, -0.2) is 66.4 Å². The van der Waals surface area contributed by atoms with Crippen LogP contribution in [0.4, 0.5) is 0 Å². The van der Waals surface area contributed by atoms with Crippen molar-refractivity contribution in [2.45, 2.75) is 63.8 Å². The molecule has 0 radical (unpaired) electrons. The maximum Gasteiger partial charge on any atom is 0.229 e. The molecule has 1 aliphatic carbocycles. The maximum absolute atomic E-state index is 13.6. The number of hydrogen-bond donors (Lipinski definition) is 0. The molecule has 5 heteroatoms. The molecular formula is C33H44BrN3O. The second-order valence-electron chi connectivity index (χ2n) is 12.7. The van der Waals surface area contributed by atoms with Gasteiger partial charge in [-0.3, -0.25) is 4.79 Å². The fraction of sp³-hybridized carbons (Fsp3) is 0.606. The Morgan fingerprint density at radius 2 is 1.50 bits per heavy atom. The van der Waals surface area contributed by atoms with Crippen molar-refractivity contribution in [2.75, 3.05) is 45.8 Å². The van der Waals surface area contributed by atoms with E-state index >= 15 is 0 Å². The summed E-state index contributed by atoms with van der Waals surface area (Å²) < 4.78 is 1.09. The summed E-state index contributed by atoms with van der Waals surface area (Å²) in [5, 5.41) is 0. The van der Waals surface area contributed by atoms with Gasteiger partial charge in [0.25, 0.3) is 0 Å². The van der Waals surface area contributed by atoms with E-state index in [9.17, 15) is 4.79 Å². The summed E-state index contributed by atoms with van der Waals surface area (Å²) in [6.45, 7) is 8.71. The van der Waals surface area contributed by atoms with Crippen LogP contribution in [0.25, 0.3) is 0 Å². The van der Waals surface area contributed by atoms with Gasteiger partial charge in [0.1, 0.15) is 0 Å². The van der Waals surface area contributed by atoms with Gasteiger partial charge in [-0.1, -0.05) is 77.7 Å². The Hall–Kier alpha value is -1.69. The molecule has 204 valence electrons. The number of likely N-dealkylation sites (tertiary alicyclic amines) is 3. The first-order chi connectivity index (χ1) is 18.6. The average Bonchev–Trinajstić information content (AvgIpc) is 3.48. The molecule has 1 amide bonds. The number of halogens is 1. The maximum atomic E-state index is 13.6. The van der Waals surface area contributed by atoms with Crippen LogP contribution < -0.4 is 0 Å². The van der Waals surface area contributed by atoms with Crippen molar-refractivity contribution in [2.24, 2.45) is 17.3 Å². The lowest BCUT2D eigenvalue weighted by Gasteiger charge is -2.39. The van der Waals surface area contributed by atoms with Gasteiger partial charge in [0.2, 0.25) is 5.91 Å². The molecule has 2 atom stereocenters. The molecule has 6 rings (SSSR count). The molecule has 0 bridgehead atoms. The lowest BCUT2D eigenvalue weighted by molar-refractivity contribution is -0.139. The van der Waals surface area contributed by atoms with E-state index in [-0.39, 0.29) is 5.41 Å². The highest BCUT2D eigenvalue weighted by Crippen LogP contribution is 2.43. The van der Waals surface area contributed by atoms with Gasteiger partial charge in [-0.05, 0) is 80.3 Å². The van der Waals surface area contributed by atoms with Crippen molar-refractivity contribution in [3.05, 3.63) is 70.2 Å². The summed E-state index contributed by atoms with van der Waals surface area (Å²) in [6.07, 6.45) is 10.2. The molecule has 2 aromatic carbocycles. The third-order valence-corrected chi connectivity index (χ3v) is 10.7. The van der Waals surface area contributed by atoms with Gasteiger partial charge in [-0.25, -0.2) is 0 Å². The zero-order valence-corrected chi connectivity index (χ0v) is 24.5. The Labute approximate surface area is 237 Å². The Kier molecular flexibility index (Phi) is 8.25. The summed E-state index contributed by atoms with van der Waals surface area (Å²) in [6, 6.07) is 19.7. The average molecular weight is 579 g/mol. The van der Waals surface area contributed by atoms with Gasteiger partial charge >= 0.3 is 0 Å². The molecule has 0 N–H and O–H groups in total. The van der Waals surface area contributed by atoms with E-state index in [2.05, 4.69) is 85.2 Å². The Balaban J connectivity index is 1.06. The van der Waals surface area contributed by atoms with Crippen molar-refractivity contribution in [3.63, 3.8) is 0 Å². The predicted octanol–water partition coefficient (Wildman–Crippen LogP) is 6.56. The molecule has 4 nitrogen and oxygen atoms in total. The fourth-order valence-corrected chi connectivity index (χ4v) is 8.18. The molecule has 0 aromatic heterocycles. The number of carbonyl (C=O) groups is 1. The summed E-state index contributed by atoms with van der Waals surface area (Å²) in [7, 11) is 0. The molecule has 3 aliphatic heterocycles. The second kappa shape index (κ2) is 11.8. The number of nitrogens with zero attached hydrogens (tertiary/aromatic N) is 3. The number of carbonyl (C=O) groups excluding carboxylic acids is 1. The predicted molar refractivity (Wildman–Crippen MR) is 158 cm³/mol. The van der Waals surface area contributed by atoms with E-state index in [4.69, 9.17) is 0 Å². The van der Waals surface area contributed by atoms with E-state index in [1.54, 1.807) is 0 Å². The molecule has 2 aromatic rings. The largest absolute Gasteiger partial charge is 0.338 e. The molecular weight excluding hydrogens is 534 g/mol. The normalized spacial score (nSPS) is 27.0. The van der Waals surface area contributed by atoms with Crippen molar-refractivity contribution < 1.29 is 4.79 Å². The lowest BCUT2D eigenvalue weighted by atomic mass is 9.76. The highest BCUT2D eigenvalue weighted by molar-refractivity contribution is 9.10. The zero-order valence-electron chi connectivity index (χ0n) is 22.9. The molecule has 38 heavy (non-hydrogen) atoms. The first-order valence-electron chi connectivity index (χ1n) is 15.1. The van der Waals surface area contributed by atoms with Crippen LogP contribution in [0.5, 0.6) is 0 Å². The second-order valence-corrected chi connectivity index (χ2v) is 13.6. The van der Waals surface area contributed by atoms with Crippen molar-refractivity contribution in [1.82, 2.24) is 14.7 Å². The molecule has 1 spiro atoms. The smallest absolute Gasteiger partial charge is 0.229 e. The van der Waals surface area contributed by atoms with E-state index in [0.717, 1.165) is 55.8 Å². The van der Waals surface area contributed by atoms with Crippen molar-refractivity contribution in [3.8, 4) is 0 Å². The van der Waals surface area contributed by atoms with E-state index in [1.165, 1.54) is 69.4 Å². The number of piperidine rings is 1. The molecule has 4 aliphatic rings. The number of benzene rings is 2. The highest BCUT2D eigenvalue weighted by atomic mass is 79.9. The Morgan fingerprint density at radius 1 is 0.789 bits per heavy atom. The quantitative estimate of drug-likeness (QED) is 0.373. The highest BCUT2D eigenvalue weighted by Gasteiger charge is 2.48. The third-order valence-electron chi connectivity index (χ3n) is 10.2. The summed E-state index contributed by atoms with van der Waals surface area (Å²) in [5.41, 5.74) is 2.63. The molecule has 4 fully saturated rings. The number of hydrogen-bond acceptors (Lipinski definition) is 3. The van der Waals surface area contributed by atoms with Crippen LogP contribution in [0.2, 0.25) is 0 Å². The van der Waals surface area contributed by atoms with Crippen molar-refractivity contribution >= 4 is 21.8 Å². The lowest BCUT2D eigenvalue weighted by Crippen LogP contribution is -2.46. The number of amides is 1. The minimum Gasteiger partial charge on any atom is -0.338 e. The number of rotatable bonds is 7. The molecule has 1 saturated carbocycles. The Morgan fingerprint density at radius 3 is 2.24 bits per heavy atom. The van der Waals surface area contributed by atoms with Crippen LogP contribution in [0, 0.1) is 17.3 Å². The third kappa shape index (κ3) is 5.90. The summed E-state index contributed by atoms with van der Waals surface area (Å²) in [5.74, 6) is 2.62. The van der Waals surface area contributed by atoms with E-state index in [0.29, 0.717) is 17.7 Å². The van der Waals surface area contributed by atoms with E-state index < -0.39 is 0 Å². The topological polar surface area (TPSA) is 26.8 Å². The van der Waals surface area contributed by atoms with Gasteiger partial charge in [0, 0.05) is 49.7 Å². The zero-order chi connectivity index (χ0) is 26.0. The summed E-state index contributed by atoms with van der Waals surface area (Å²) in [4.78, 5) is 21.2. The first kappa shape index (κ1) is 26.5. The fourth-order valence-electron chi connectivity index (χ4n) is 7.92. The van der Waals surface area contributed by atoms with Gasteiger partial charge < -0.3 is 14.7 Å². The monoisotopic (exact) mass is 577 g/mol. The van der Waals surface area contributed by atoms with Crippen LogP contribution in [-0.2, 0) is 11.3 Å². The van der Waals surface area contributed by atoms with Gasteiger partial charge in [0.15, 0.2) is 0 Å². The van der Waals surface area contributed by atoms with E-state index in [1.807, 2.05) is 0 Å². The van der Waals surface area contributed by atoms with Crippen LogP contribution in [0.3, 0.4) is 0 Å². The molecule has 3 heterocycles. The standard InChI is InChI=1S/C33H44BrN3O/c34-30-13-11-27(12-14-30)22-37-20-17-33(32(37)38)15-18-35(19-16-33)23-29-24-36(21-26-7-3-1-4-8-26)25-31(29)28-9-5-2-6-10-28/h2,5-6,9-14,26,29,31H,1,3-4,7-8,15-25H2. The van der Waals surface area contributed by atoms with Crippen LogP contribution in [0.15, 0.2) is 59.1 Å². The molecule has 2 unspecified atom stereocenters. The first-order valence-corrected chi connectivity index (χ1v) is 15.9. The molecule has 3 saturated heterocycles. The van der Waals surface area contributed by atoms with Gasteiger partial charge in [-0.15, -0.1) is 0 Å². The minimum absolute atomic E-state index is 0.118. The van der Waals surface area contributed by atoms with Crippen LogP contribution in [0.1, 0.15) is 68.4 Å². The van der Waals surface area contributed by atoms with Gasteiger partial charge in [-0.2, -0.15) is 0 Å².